The third-order valence-electron chi connectivity index (χ3n) is 3.16. The summed E-state index contributed by atoms with van der Waals surface area (Å²) in [4.78, 5) is 6.11. The Morgan fingerprint density at radius 2 is 1.95 bits per heavy atom. The number of thiophene rings is 1. The predicted octanol–water partition coefficient (Wildman–Crippen LogP) is 4.57. The van der Waals surface area contributed by atoms with Crippen molar-refractivity contribution in [1.29, 1.82) is 0 Å². The summed E-state index contributed by atoms with van der Waals surface area (Å²) < 4.78 is 0. The van der Waals surface area contributed by atoms with Crippen LogP contribution in [-0.2, 0) is 6.54 Å². The van der Waals surface area contributed by atoms with Crippen LogP contribution in [0.3, 0.4) is 0 Å². The molecule has 0 atom stereocenters. The van der Waals surface area contributed by atoms with Crippen LogP contribution in [0.25, 0.3) is 21.0 Å². The largest absolute Gasteiger partial charge is 0.314 e. The average Bonchev–Trinajstić information content (AvgIpc) is 3.06. The quantitative estimate of drug-likeness (QED) is 0.763. The lowest BCUT2D eigenvalue weighted by atomic mass is 10.1. The van der Waals surface area contributed by atoms with Gasteiger partial charge in [-0.25, -0.2) is 4.98 Å². The molecule has 2 aromatic heterocycles. The predicted molar refractivity (Wildman–Crippen MR) is 88.4 cm³/mol. The lowest BCUT2D eigenvalue weighted by molar-refractivity contribution is 0.799. The molecule has 20 heavy (non-hydrogen) atoms. The van der Waals surface area contributed by atoms with Crippen molar-refractivity contribution in [2.75, 3.05) is 7.05 Å². The average molecular weight is 300 g/mol. The van der Waals surface area contributed by atoms with E-state index in [9.17, 15) is 0 Å². The first-order valence-electron chi connectivity index (χ1n) is 6.52. The molecular weight excluding hydrogens is 284 g/mol. The molecule has 4 heteroatoms. The highest BCUT2D eigenvalue weighted by molar-refractivity contribution is 7.19. The Kier molecular flexibility index (Phi) is 3.96. The number of rotatable bonds is 4. The molecule has 0 aliphatic rings. The van der Waals surface area contributed by atoms with Gasteiger partial charge in [-0.05, 0) is 30.5 Å². The zero-order valence-corrected chi connectivity index (χ0v) is 13.1. The molecule has 0 saturated carbocycles. The minimum absolute atomic E-state index is 0.796. The summed E-state index contributed by atoms with van der Waals surface area (Å²) in [5.41, 5.74) is 4.94. The van der Waals surface area contributed by atoms with Crippen LogP contribution in [0, 0.1) is 6.92 Å². The highest BCUT2D eigenvalue weighted by Gasteiger charge is 2.15. The molecule has 0 saturated heterocycles. The molecule has 0 spiro atoms. The molecule has 0 bridgehead atoms. The fourth-order valence-corrected chi connectivity index (χ4v) is 4.22. The number of nitrogens with zero attached hydrogens (tertiary/aromatic N) is 1. The summed E-state index contributed by atoms with van der Waals surface area (Å²) in [5.74, 6) is 0. The van der Waals surface area contributed by atoms with Gasteiger partial charge in [-0.3, -0.25) is 0 Å². The Morgan fingerprint density at radius 3 is 2.60 bits per heavy atom. The Bertz CT molecular complexity index is 698. The number of aromatic nitrogens is 1. The standard InChI is InChI=1S/C16H16N2S2/c1-11-9-19-10-13(11)16-18-14(8-17-2)15(20-16)12-6-4-3-5-7-12/h3-7,9-10,17H,8H2,1-2H3. The van der Waals surface area contributed by atoms with Crippen LogP contribution >= 0.6 is 22.7 Å². The maximum atomic E-state index is 4.84. The van der Waals surface area contributed by atoms with Crippen LogP contribution in [-0.4, -0.2) is 12.0 Å². The van der Waals surface area contributed by atoms with E-state index in [-0.39, 0.29) is 0 Å². The summed E-state index contributed by atoms with van der Waals surface area (Å²) in [6, 6.07) is 10.5. The van der Waals surface area contributed by atoms with Crippen molar-refractivity contribution in [1.82, 2.24) is 10.3 Å². The maximum absolute atomic E-state index is 4.84. The molecule has 0 radical (unpaired) electrons. The summed E-state index contributed by atoms with van der Waals surface area (Å²) in [6.45, 7) is 2.94. The summed E-state index contributed by atoms with van der Waals surface area (Å²) in [5, 5.41) is 8.70. The molecule has 0 unspecified atom stereocenters. The van der Waals surface area contributed by atoms with E-state index in [0.717, 1.165) is 17.2 Å². The Labute approximate surface area is 127 Å². The first-order chi connectivity index (χ1) is 9.79. The second-order valence-electron chi connectivity index (χ2n) is 4.66. The van der Waals surface area contributed by atoms with Gasteiger partial charge < -0.3 is 5.32 Å². The van der Waals surface area contributed by atoms with Gasteiger partial charge in [0.15, 0.2) is 0 Å². The van der Waals surface area contributed by atoms with Crippen molar-refractivity contribution >= 4 is 22.7 Å². The Morgan fingerprint density at radius 1 is 1.15 bits per heavy atom. The van der Waals surface area contributed by atoms with Gasteiger partial charge in [-0.1, -0.05) is 30.3 Å². The minimum atomic E-state index is 0.796. The molecule has 2 nitrogen and oxygen atoms in total. The van der Waals surface area contributed by atoms with E-state index in [1.165, 1.54) is 21.6 Å². The Balaban J connectivity index is 2.10. The lowest BCUT2D eigenvalue weighted by Gasteiger charge is -2.00. The van der Waals surface area contributed by atoms with Gasteiger partial charge in [0, 0.05) is 17.5 Å². The van der Waals surface area contributed by atoms with Gasteiger partial charge in [-0.15, -0.1) is 11.3 Å². The van der Waals surface area contributed by atoms with Crippen LogP contribution in [0.1, 0.15) is 11.3 Å². The number of nitrogens with one attached hydrogen (secondary N) is 1. The number of aryl methyl sites for hydroxylation is 1. The molecular formula is C16H16N2S2. The maximum Gasteiger partial charge on any atom is 0.125 e. The molecule has 3 aromatic rings. The van der Waals surface area contributed by atoms with E-state index < -0.39 is 0 Å². The van der Waals surface area contributed by atoms with E-state index in [0.29, 0.717) is 0 Å². The number of thiazole rings is 1. The fourth-order valence-electron chi connectivity index (χ4n) is 2.15. The van der Waals surface area contributed by atoms with Gasteiger partial charge in [0.2, 0.25) is 0 Å². The smallest absolute Gasteiger partial charge is 0.125 e. The first kappa shape index (κ1) is 13.5. The van der Waals surface area contributed by atoms with E-state index in [1.54, 1.807) is 22.7 Å². The van der Waals surface area contributed by atoms with Crippen molar-refractivity contribution in [2.24, 2.45) is 0 Å². The number of hydrogen-bond acceptors (Lipinski definition) is 4. The van der Waals surface area contributed by atoms with Crippen molar-refractivity contribution in [3.05, 3.63) is 52.3 Å². The molecule has 102 valence electrons. The van der Waals surface area contributed by atoms with Crippen LogP contribution in [0.4, 0.5) is 0 Å². The van der Waals surface area contributed by atoms with Gasteiger partial charge in [0.05, 0.1) is 10.6 Å². The summed E-state index contributed by atoms with van der Waals surface area (Å²) in [7, 11) is 1.96. The van der Waals surface area contributed by atoms with E-state index in [4.69, 9.17) is 4.98 Å². The highest BCUT2D eigenvalue weighted by Crippen LogP contribution is 2.37. The SMILES string of the molecule is CNCc1nc(-c2cscc2C)sc1-c1ccccc1. The monoisotopic (exact) mass is 300 g/mol. The van der Waals surface area contributed by atoms with Gasteiger partial charge >= 0.3 is 0 Å². The lowest BCUT2D eigenvalue weighted by Crippen LogP contribution is -2.06. The van der Waals surface area contributed by atoms with Gasteiger partial charge in [0.25, 0.3) is 0 Å². The third-order valence-corrected chi connectivity index (χ3v) is 5.20. The third kappa shape index (κ3) is 2.54. The molecule has 0 fully saturated rings. The molecule has 1 N–H and O–H groups in total. The van der Waals surface area contributed by atoms with Crippen molar-refractivity contribution in [2.45, 2.75) is 13.5 Å². The number of benzene rings is 1. The summed E-state index contributed by atoms with van der Waals surface area (Å²) in [6.07, 6.45) is 0. The molecule has 3 rings (SSSR count). The van der Waals surface area contributed by atoms with Gasteiger partial charge in [0.1, 0.15) is 5.01 Å². The molecule has 0 aliphatic heterocycles. The normalized spacial score (nSPS) is 10.9. The topological polar surface area (TPSA) is 24.9 Å². The second kappa shape index (κ2) is 5.87. The zero-order chi connectivity index (χ0) is 13.9. The number of hydrogen-bond donors (Lipinski definition) is 1. The van der Waals surface area contributed by atoms with E-state index in [1.807, 2.05) is 13.1 Å². The minimum Gasteiger partial charge on any atom is -0.314 e. The zero-order valence-electron chi connectivity index (χ0n) is 11.5. The van der Waals surface area contributed by atoms with Crippen LogP contribution in [0.5, 0.6) is 0 Å². The van der Waals surface area contributed by atoms with Crippen molar-refractivity contribution in [3.8, 4) is 21.0 Å². The first-order valence-corrected chi connectivity index (χ1v) is 8.28. The Hall–Kier alpha value is -1.49. The highest BCUT2D eigenvalue weighted by atomic mass is 32.1. The fraction of sp³-hybridized carbons (Fsp3) is 0.188. The van der Waals surface area contributed by atoms with E-state index in [2.05, 4.69) is 47.3 Å². The molecule has 0 aliphatic carbocycles. The second-order valence-corrected chi connectivity index (χ2v) is 6.40. The van der Waals surface area contributed by atoms with E-state index >= 15 is 0 Å². The van der Waals surface area contributed by atoms with Crippen molar-refractivity contribution < 1.29 is 0 Å². The van der Waals surface area contributed by atoms with Crippen LogP contribution < -0.4 is 5.32 Å². The molecule has 2 heterocycles. The molecule has 0 amide bonds. The van der Waals surface area contributed by atoms with Crippen LogP contribution in [0.15, 0.2) is 41.1 Å². The van der Waals surface area contributed by atoms with Crippen molar-refractivity contribution in [3.63, 3.8) is 0 Å². The van der Waals surface area contributed by atoms with Crippen LogP contribution in [0.2, 0.25) is 0 Å². The molecule has 1 aromatic carbocycles. The van der Waals surface area contributed by atoms with Gasteiger partial charge in [-0.2, -0.15) is 11.3 Å². The summed E-state index contributed by atoms with van der Waals surface area (Å²) >= 11 is 3.52.